The summed E-state index contributed by atoms with van der Waals surface area (Å²) in [6.45, 7) is 0. The maximum atomic E-state index is 6.30. The van der Waals surface area contributed by atoms with Crippen molar-refractivity contribution in [3.05, 3.63) is 164 Å². The summed E-state index contributed by atoms with van der Waals surface area (Å²) in [6, 6.07) is 56.4. The minimum absolute atomic E-state index is 0.626. The normalized spacial score (nSPS) is 11.4. The van der Waals surface area contributed by atoms with Crippen LogP contribution in [0.2, 0.25) is 0 Å². The number of para-hydroxylation sites is 2. The van der Waals surface area contributed by atoms with E-state index in [-0.39, 0.29) is 0 Å². The van der Waals surface area contributed by atoms with Crippen LogP contribution in [0.4, 0.5) is 0 Å². The van der Waals surface area contributed by atoms with Gasteiger partial charge in [0.1, 0.15) is 11.2 Å². The van der Waals surface area contributed by atoms with Crippen LogP contribution in [0.1, 0.15) is 0 Å². The molecule has 0 radical (unpaired) electrons. The molecule has 0 amide bonds. The molecule has 0 saturated heterocycles. The van der Waals surface area contributed by atoms with E-state index in [2.05, 4.69) is 115 Å². The van der Waals surface area contributed by atoms with Crippen LogP contribution in [-0.4, -0.2) is 15.0 Å². The summed E-state index contributed by atoms with van der Waals surface area (Å²) in [7, 11) is 0. The van der Waals surface area contributed by atoms with Crippen molar-refractivity contribution in [1.29, 1.82) is 0 Å². The zero-order chi connectivity index (χ0) is 31.2. The molecule has 0 aliphatic heterocycles. The van der Waals surface area contributed by atoms with E-state index < -0.39 is 0 Å². The van der Waals surface area contributed by atoms with Crippen molar-refractivity contribution in [2.24, 2.45) is 0 Å². The molecular weight excluding hydrogens is 574 g/mol. The zero-order valence-electron chi connectivity index (χ0n) is 25.3. The number of fused-ring (bicyclic) bond motifs is 4. The lowest BCUT2D eigenvalue weighted by Crippen LogP contribution is -2.00. The molecule has 0 atom stereocenters. The maximum Gasteiger partial charge on any atom is 0.164 e. The van der Waals surface area contributed by atoms with E-state index in [1.807, 2.05) is 48.5 Å². The molecule has 0 fully saturated rings. The molecule has 0 aliphatic rings. The van der Waals surface area contributed by atoms with Gasteiger partial charge in [-0.2, -0.15) is 0 Å². The summed E-state index contributed by atoms with van der Waals surface area (Å²) in [5.74, 6) is 1.90. The first-order valence-corrected chi connectivity index (χ1v) is 15.7. The van der Waals surface area contributed by atoms with Gasteiger partial charge in [0.2, 0.25) is 0 Å². The van der Waals surface area contributed by atoms with Crippen LogP contribution < -0.4 is 0 Å². The van der Waals surface area contributed by atoms with E-state index in [0.29, 0.717) is 17.5 Å². The molecular formula is C43H27N3O. The number of aromatic nitrogens is 3. The molecule has 0 spiro atoms. The molecule has 0 N–H and O–H groups in total. The highest BCUT2D eigenvalue weighted by atomic mass is 16.3. The average molecular weight is 602 g/mol. The van der Waals surface area contributed by atoms with Crippen LogP contribution >= 0.6 is 0 Å². The Balaban J connectivity index is 1.10. The van der Waals surface area contributed by atoms with Crippen LogP contribution in [0.25, 0.3) is 89.1 Å². The van der Waals surface area contributed by atoms with Gasteiger partial charge in [-0.05, 0) is 39.6 Å². The van der Waals surface area contributed by atoms with Gasteiger partial charge in [-0.1, -0.05) is 152 Å². The number of nitrogens with zero attached hydrogens (tertiary/aromatic N) is 3. The first kappa shape index (κ1) is 27.0. The Labute approximate surface area is 271 Å². The predicted molar refractivity (Wildman–Crippen MR) is 192 cm³/mol. The Morgan fingerprint density at radius 1 is 0.340 bits per heavy atom. The van der Waals surface area contributed by atoms with Crippen molar-refractivity contribution in [2.75, 3.05) is 0 Å². The molecule has 0 saturated carbocycles. The lowest BCUT2D eigenvalue weighted by molar-refractivity contribution is 0.670. The topological polar surface area (TPSA) is 51.8 Å². The van der Waals surface area contributed by atoms with Crippen molar-refractivity contribution >= 4 is 32.7 Å². The molecule has 2 heterocycles. The Morgan fingerprint density at radius 3 is 1.60 bits per heavy atom. The quantitative estimate of drug-likeness (QED) is 0.197. The van der Waals surface area contributed by atoms with Crippen LogP contribution in [0.5, 0.6) is 0 Å². The van der Waals surface area contributed by atoms with Gasteiger partial charge in [-0.25, -0.2) is 15.0 Å². The fraction of sp³-hybridized carbons (Fsp3) is 0. The van der Waals surface area contributed by atoms with Gasteiger partial charge in [0.15, 0.2) is 17.5 Å². The first-order chi connectivity index (χ1) is 23.3. The summed E-state index contributed by atoms with van der Waals surface area (Å²) < 4.78 is 6.30. The largest absolute Gasteiger partial charge is 0.455 e. The number of benzene rings is 7. The van der Waals surface area contributed by atoms with Gasteiger partial charge in [0.05, 0.1) is 0 Å². The second-order valence-electron chi connectivity index (χ2n) is 11.7. The van der Waals surface area contributed by atoms with Gasteiger partial charge in [0.25, 0.3) is 0 Å². The first-order valence-electron chi connectivity index (χ1n) is 15.7. The predicted octanol–water partition coefficient (Wildman–Crippen LogP) is 11.3. The molecule has 9 aromatic rings. The van der Waals surface area contributed by atoms with E-state index in [1.165, 1.54) is 16.3 Å². The molecule has 0 bridgehead atoms. The molecule has 2 aromatic heterocycles. The van der Waals surface area contributed by atoms with Gasteiger partial charge in [-0.3, -0.25) is 0 Å². The lowest BCUT2D eigenvalue weighted by Gasteiger charge is -2.10. The molecule has 220 valence electrons. The fourth-order valence-electron chi connectivity index (χ4n) is 6.30. The van der Waals surface area contributed by atoms with Gasteiger partial charge < -0.3 is 4.42 Å². The third kappa shape index (κ3) is 4.93. The minimum Gasteiger partial charge on any atom is -0.455 e. The number of rotatable bonds is 5. The summed E-state index contributed by atoms with van der Waals surface area (Å²) >= 11 is 0. The smallest absolute Gasteiger partial charge is 0.164 e. The van der Waals surface area contributed by atoms with E-state index >= 15 is 0 Å². The number of furan rings is 1. The Hall–Kier alpha value is -6.39. The van der Waals surface area contributed by atoms with E-state index in [0.717, 1.165) is 55.3 Å². The maximum absolute atomic E-state index is 6.30. The number of hydrogen-bond donors (Lipinski definition) is 0. The van der Waals surface area contributed by atoms with E-state index in [9.17, 15) is 0 Å². The molecule has 9 rings (SSSR count). The monoisotopic (exact) mass is 601 g/mol. The SMILES string of the molecule is c1ccc(-c2nc(-c3ccc(-c4ccc5ccccc5c4)cc3)nc(-c3ccc(-c4cccc5c4oc4ccccc45)cc3)n2)cc1. The third-order valence-corrected chi connectivity index (χ3v) is 8.75. The molecule has 0 aliphatic carbocycles. The van der Waals surface area contributed by atoms with Gasteiger partial charge in [0, 0.05) is 33.0 Å². The second-order valence-corrected chi connectivity index (χ2v) is 11.7. The van der Waals surface area contributed by atoms with Crippen LogP contribution in [-0.2, 0) is 0 Å². The van der Waals surface area contributed by atoms with Crippen molar-refractivity contribution < 1.29 is 4.42 Å². The Kier molecular flexibility index (Phi) is 6.43. The third-order valence-electron chi connectivity index (χ3n) is 8.75. The zero-order valence-corrected chi connectivity index (χ0v) is 25.3. The molecule has 0 unspecified atom stereocenters. The van der Waals surface area contributed by atoms with Gasteiger partial charge in [-0.15, -0.1) is 0 Å². The highest BCUT2D eigenvalue weighted by Gasteiger charge is 2.15. The van der Waals surface area contributed by atoms with Crippen molar-refractivity contribution in [1.82, 2.24) is 15.0 Å². The Morgan fingerprint density at radius 2 is 0.872 bits per heavy atom. The summed E-state index contributed by atoms with van der Waals surface area (Å²) in [4.78, 5) is 14.8. The molecule has 4 nitrogen and oxygen atoms in total. The van der Waals surface area contributed by atoms with Crippen molar-refractivity contribution in [2.45, 2.75) is 0 Å². The summed E-state index contributed by atoms with van der Waals surface area (Å²) in [6.07, 6.45) is 0. The number of hydrogen-bond acceptors (Lipinski definition) is 4. The lowest BCUT2D eigenvalue weighted by atomic mass is 10.00. The van der Waals surface area contributed by atoms with Crippen molar-refractivity contribution in [3.63, 3.8) is 0 Å². The van der Waals surface area contributed by atoms with Crippen molar-refractivity contribution in [3.8, 4) is 56.4 Å². The van der Waals surface area contributed by atoms with Gasteiger partial charge >= 0.3 is 0 Å². The molecule has 7 aromatic carbocycles. The molecule has 47 heavy (non-hydrogen) atoms. The molecule has 4 heteroatoms. The fourth-order valence-corrected chi connectivity index (χ4v) is 6.30. The second kappa shape index (κ2) is 11.2. The Bertz CT molecular complexity index is 2550. The minimum atomic E-state index is 0.626. The summed E-state index contributed by atoms with van der Waals surface area (Å²) in [5.41, 5.74) is 9.02. The van der Waals surface area contributed by atoms with E-state index in [1.54, 1.807) is 0 Å². The highest BCUT2D eigenvalue weighted by Crippen LogP contribution is 2.36. The van der Waals surface area contributed by atoms with Crippen LogP contribution in [0.3, 0.4) is 0 Å². The highest BCUT2D eigenvalue weighted by molar-refractivity contribution is 6.09. The average Bonchev–Trinajstić information content (AvgIpc) is 3.54. The standard InChI is InChI=1S/C43H27N3O/c1-2-10-31(11-3-1)41-44-42(32-22-17-29(18-23-32)35-26-19-28-9-4-5-12-34(28)27-35)46-43(45-41)33-24-20-30(21-25-33)36-14-8-15-38-37-13-6-7-16-39(37)47-40(36)38/h1-27H. The van der Waals surface area contributed by atoms with Crippen LogP contribution in [0, 0.1) is 0 Å². The van der Waals surface area contributed by atoms with Crippen LogP contribution in [0.15, 0.2) is 168 Å². The van der Waals surface area contributed by atoms with E-state index in [4.69, 9.17) is 19.4 Å². The summed E-state index contributed by atoms with van der Waals surface area (Å²) in [5, 5.41) is 4.70.